The molecule has 0 saturated carbocycles. The fourth-order valence-corrected chi connectivity index (χ4v) is 3.36. The number of imide groups is 1. The number of amides is 3. The number of carbonyl (C=O) groups is 4. The van der Waals surface area contributed by atoms with Crippen LogP contribution in [0.15, 0.2) is 66.7 Å². The highest BCUT2D eigenvalue weighted by molar-refractivity contribution is 6.34. The summed E-state index contributed by atoms with van der Waals surface area (Å²) >= 11 is 0. The van der Waals surface area contributed by atoms with Gasteiger partial charge in [0, 0.05) is 6.54 Å². The zero-order chi connectivity index (χ0) is 23.5. The van der Waals surface area contributed by atoms with E-state index in [-0.39, 0.29) is 22.4 Å². The van der Waals surface area contributed by atoms with E-state index >= 15 is 0 Å². The Bertz CT molecular complexity index is 1250. The number of hydrogen-bond donors (Lipinski definition) is 1. The summed E-state index contributed by atoms with van der Waals surface area (Å²) in [6.45, 7) is 1.77. The number of rotatable bonds is 6. The summed E-state index contributed by atoms with van der Waals surface area (Å²) in [7, 11) is 0. The first kappa shape index (κ1) is 21.9. The van der Waals surface area contributed by atoms with Crippen LogP contribution in [0, 0.1) is 12.7 Å². The molecule has 8 heteroatoms. The smallest absolute Gasteiger partial charge is 0.338 e. The Hall–Kier alpha value is -4.33. The van der Waals surface area contributed by atoms with Gasteiger partial charge in [-0.3, -0.25) is 14.4 Å². The SMILES string of the molecule is Cc1ccc(CNC(=O)COC(=O)c2ccc3c(c2)C(=O)N(c2ccc(F)cc2)C3=O)cc1. The molecule has 3 amide bonds. The third kappa shape index (κ3) is 4.64. The van der Waals surface area contributed by atoms with Gasteiger partial charge in [-0.05, 0) is 55.0 Å². The minimum Gasteiger partial charge on any atom is -0.452 e. The van der Waals surface area contributed by atoms with Crippen LogP contribution in [0.4, 0.5) is 10.1 Å². The van der Waals surface area contributed by atoms with Crippen molar-refractivity contribution in [2.24, 2.45) is 0 Å². The van der Waals surface area contributed by atoms with E-state index in [4.69, 9.17) is 4.74 Å². The number of aryl methyl sites for hydroxylation is 1. The lowest BCUT2D eigenvalue weighted by Crippen LogP contribution is -2.29. The van der Waals surface area contributed by atoms with Gasteiger partial charge in [0.2, 0.25) is 0 Å². The first-order valence-electron chi connectivity index (χ1n) is 10.1. The maximum atomic E-state index is 13.2. The van der Waals surface area contributed by atoms with E-state index in [0.717, 1.165) is 28.2 Å². The topological polar surface area (TPSA) is 92.8 Å². The molecule has 33 heavy (non-hydrogen) atoms. The molecule has 1 heterocycles. The molecule has 1 aliphatic heterocycles. The monoisotopic (exact) mass is 446 g/mol. The van der Waals surface area contributed by atoms with Crippen molar-refractivity contribution in [1.82, 2.24) is 5.32 Å². The average Bonchev–Trinajstić information content (AvgIpc) is 3.07. The molecular formula is C25H19FN2O5. The van der Waals surface area contributed by atoms with Crippen molar-refractivity contribution in [3.63, 3.8) is 0 Å². The number of nitrogens with zero attached hydrogens (tertiary/aromatic N) is 1. The molecule has 7 nitrogen and oxygen atoms in total. The van der Waals surface area contributed by atoms with Gasteiger partial charge in [-0.2, -0.15) is 0 Å². The fourth-order valence-electron chi connectivity index (χ4n) is 3.36. The van der Waals surface area contributed by atoms with Gasteiger partial charge < -0.3 is 10.1 Å². The Balaban J connectivity index is 1.39. The van der Waals surface area contributed by atoms with Crippen LogP contribution in [-0.4, -0.2) is 30.3 Å². The summed E-state index contributed by atoms with van der Waals surface area (Å²) in [5.41, 5.74) is 2.42. The molecule has 3 aromatic rings. The van der Waals surface area contributed by atoms with Crippen LogP contribution in [0.25, 0.3) is 0 Å². The van der Waals surface area contributed by atoms with E-state index in [0.29, 0.717) is 6.54 Å². The lowest BCUT2D eigenvalue weighted by molar-refractivity contribution is -0.124. The van der Waals surface area contributed by atoms with Crippen molar-refractivity contribution in [1.29, 1.82) is 0 Å². The molecule has 0 spiro atoms. The highest BCUT2D eigenvalue weighted by Gasteiger charge is 2.37. The molecule has 0 radical (unpaired) electrons. The molecule has 3 aromatic carbocycles. The van der Waals surface area contributed by atoms with Crippen molar-refractivity contribution >= 4 is 29.4 Å². The van der Waals surface area contributed by atoms with Gasteiger partial charge in [0.15, 0.2) is 6.61 Å². The normalized spacial score (nSPS) is 12.5. The summed E-state index contributed by atoms with van der Waals surface area (Å²) in [5, 5.41) is 2.66. The molecular weight excluding hydrogens is 427 g/mol. The average molecular weight is 446 g/mol. The quantitative estimate of drug-likeness (QED) is 0.463. The van der Waals surface area contributed by atoms with Crippen LogP contribution in [-0.2, 0) is 16.1 Å². The van der Waals surface area contributed by atoms with Crippen molar-refractivity contribution in [2.75, 3.05) is 11.5 Å². The number of fused-ring (bicyclic) bond motifs is 1. The number of ether oxygens (including phenoxy) is 1. The Morgan fingerprint density at radius 1 is 0.909 bits per heavy atom. The van der Waals surface area contributed by atoms with Crippen molar-refractivity contribution in [3.8, 4) is 0 Å². The highest BCUT2D eigenvalue weighted by atomic mass is 19.1. The lowest BCUT2D eigenvalue weighted by atomic mass is 10.1. The summed E-state index contributed by atoms with van der Waals surface area (Å²) in [6, 6.07) is 16.5. The van der Waals surface area contributed by atoms with E-state index in [9.17, 15) is 23.6 Å². The van der Waals surface area contributed by atoms with Gasteiger partial charge in [0.1, 0.15) is 5.82 Å². The first-order valence-corrected chi connectivity index (χ1v) is 10.1. The van der Waals surface area contributed by atoms with Crippen molar-refractivity contribution in [2.45, 2.75) is 13.5 Å². The lowest BCUT2D eigenvalue weighted by Gasteiger charge is -2.13. The van der Waals surface area contributed by atoms with E-state index in [2.05, 4.69) is 5.32 Å². The third-order valence-corrected chi connectivity index (χ3v) is 5.15. The molecule has 1 N–H and O–H groups in total. The second-order valence-electron chi connectivity index (χ2n) is 7.52. The van der Waals surface area contributed by atoms with Gasteiger partial charge in [-0.1, -0.05) is 29.8 Å². The molecule has 166 valence electrons. The Morgan fingerprint density at radius 3 is 2.27 bits per heavy atom. The Labute approximate surface area is 188 Å². The van der Waals surface area contributed by atoms with Gasteiger partial charge in [0.05, 0.1) is 22.4 Å². The molecule has 0 atom stereocenters. The third-order valence-electron chi connectivity index (χ3n) is 5.15. The first-order chi connectivity index (χ1) is 15.8. The predicted octanol–water partition coefficient (Wildman–Crippen LogP) is 3.41. The van der Waals surface area contributed by atoms with Crippen molar-refractivity contribution < 1.29 is 28.3 Å². The maximum absolute atomic E-state index is 13.2. The van der Waals surface area contributed by atoms with Crippen LogP contribution < -0.4 is 10.2 Å². The van der Waals surface area contributed by atoms with Crippen molar-refractivity contribution in [3.05, 3.63) is 100 Å². The summed E-state index contributed by atoms with van der Waals surface area (Å²) < 4.78 is 18.2. The number of benzene rings is 3. The minimum atomic E-state index is -0.802. The minimum absolute atomic E-state index is 0.0298. The molecule has 0 saturated heterocycles. The zero-order valence-corrected chi connectivity index (χ0v) is 17.6. The van der Waals surface area contributed by atoms with E-state index in [1.807, 2.05) is 31.2 Å². The zero-order valence-electron chi connectivity index (χ0n) is 17.6. The number of esters is 1. The second kappa shape index (κ2) is 9.04. The Kier molecular flexibility index (Phi) is 5.99. The largest absolute Gasteiger partial charge is 0.452 e. The molecule has 0 aromatic heterocycles. The molecule has 4 rings (SSSR count). The molecule has 0 unspecified atom stereocenters. The number of hydrogen-bond acceptors (Lipinski definition) is 5. The summed E-state index contributed by atoms with van der Waals surface area (Å²) in [6.07, 6.45) is 0. The van der Waals surface area contributed by atoms with Gasteiger partial charge >= 0.3 is 5.97 Å². The van der Waals surface area contributed by atoms with E-state index in [1.54, 1.807) is 0 Å². The number of carbonyl (C=O) groups excluding carboxylic acids is 4. The van der Waals surface area contributed by atoms with Gasteiger partial charge in [-0.15, -0.1) is 0 Å². The van der Waals surface area contributed by atoms with Crippen LogP contribution in [0.5, 0.6) is 0 Å². The summed E-state index contributed by atoms with van der Waals surface area (Å²) in [4.78, 5) is 50.7. The van der Waals surface area contributed by atoms with Gasteiger partial charge in [0.25, 0.3) is 17.7 Å². The van der Waals surface area contributed by atoms with Crippen LogP contribution >= 0.6 is 0 Å². The molecule has 0 fully saturated rings. The molecule has 0 aliphatic carbocycles. The highest BCUT2D eigenvalue weighted by Crippen LogP contribution is 2.29. The Morgan fingerprint density at radius 2 is 1.58 bits per heavy atom. The van der Waals surface area contributed by atoms with Crippen LogP contribution in [0.2, 0.25) is 0 Å². The standard InChI is InChI=1S/C25H19FN2O5/c1-15-2-4-16(5-3-15)13-27-22(29)14-33-25(32)17-6-11-20-21(12-17)24(31)28(23(20)30)19-9-7-18(26)8-10-19/h2-12H,13-14H2,1H3,(H,27,29). The predicted molar refractivity (Wildman–Crippen MR) is 117 cm³/mol. The number of anilines is 1. The number of nitrogens with one attached hydrogen (secondary N) is 1. The second-order valence-corrected chi connectivity index (χ2v) is 7.52. The van der Waals surface area contributed by atoms with Crippen LogP contribution in [0.1, 0.15) is 42.2 Å². The molecule has 0 bridgehead atoms. The van der Waals surface area contributed by atoms with Crippen LogP contribution in [0.3, 0.4) is 0 Å². The maximum Gasteiger partial charge on any atom is 0.338 e. The number of halogens is 1. The summed E-state index contributed by atoms with van der Waals surface area (Å²) in [5.74, 6) is -2.98. The molecule has 1 aliphatic rings. The van der Waals surface area contributed by atoms with Gasteiger partial charge in [-0.25, -0.2) is 14.1 Å². The fraction of sp³-hybridized carbons (Fsp3) is 0.120. The van der Waals surface area contributed by atoms with E-state index < -0.39 is 36.1 Å². The van der Waals surface area contributed by atoms with E-state index in [1.165, 1.54) is 30.3 Å².